The molecular weight excluding hydrogens is 298 g/mol. The smallest absolute Gasteiger partial charge is 0.337 e. The lowest BCUT2D eigenvalue weighted by Gasteiger charge is -2.12. The van der Waals surface area contributed by atoms with Crippen LogP contribution >= 0.6 is 15.9 Å². The minimum atomic E-state index is -1.06. The molecule has 0 saturated carbocycles. The first kappa shape index (κ1) is 12.8. The van der Waals surface area contributed by atoms with Crippen molar-refractivity contribution in [2.24, 2.45) is 5.92 Å². The summed E-state index contributed by atoms with van der Waals surface area (Å²) in [6.45, 7) is 0. The lowest BCUT2D eigenvalue weighted by atomic mass is 10.1. The summed E-state index contributed by atoms with van der Waals surface area (Å²) in [5.41, 5.74) is 0.422. The van der Waals surface area contributed by atoms with E-state index in [1.54, 1.807) is 12.1 Å². The topological polar surface area (TPSA) is 66.4 Å². The van der Waals surface area contributed by atoms with Gasteiger partial charge in [-0.2, -0.15) is 0 Å². The SMILES string of the molecule is O=C(O)c1cc(Br)ccc1NC(=O)C1CC=CC1. The fourth-order valence-electron chi connectivity index (χ4n) is 1.87. The van der Waals surface area contributed by atoms with E-state index in [1.807, 2.05) is 12.2 Å². The first-order chi connectivity index (χ1) is 8.58. The van der Waals surface area contributed by atoms with Gasteiger partial charge in [0.1, 0.15) is 0 Å². The predicted octanol–water partition coefficient (Wildman–Crippen LogP) is 3.05. The van der Waals surface area contributed by atoms with Crippen molar-refractivity contribution in [2.45, 2.75) is 12.8 Å². The largest absolute Gasteiger partial charge is 0.478 e. The highest BCUT2D eigenvalue weighted by molar-refractivity contribution is 9.10. The molecule has 0 atom stereocenters. The molecule has 0 aromatic heterocycles. The van der Waals surface area contributed by atoms with Crippen LogP contribution in [0.15, 0.2) is 34.8 Å². The third-order valence-electron chi connectivity index (χ3n) is 2.85. The summed E-state index contributed by atoms with van der Waals surface area (Å²) in [6.07, 6.45) is 5.35. The molecule has 4 nitrogen and oxygen atoms in total. The number of allylic oxidation sites excluding steroid dienone is 2. The van der Waals surface area contributed by atoms with E-state index in [1.165, 1.54) is 6.07 Å². The van der Waals surface area contributed by atoms with Crippen LogP contribution in [0.3, 0.4) is 0 Å². The highest BCUT2D eigenvalue weighted by Crippen LogP contribution is 2.24. The fourth-order valence-corrected chi connectivity index (χ4v) is 2.23. The molecule has 5 heteroatoms. The van der Waals surface area contributed by atoms with Crippen molar-refractivity contribution in [3.8, 4) is 0 Å². The van der Waals surface area contributed by atoms with Crippen molar-refractivity contribution in [1.82, 2.24) is 0 Å². The van der Waals surface area contributed by atoms with Gasteiger partial charge < -0.3 is 10.4 Å². The summed E-state index contributed by atoms with van der Waals surface area (Å²) >= 11 is 3.21. The molecule has 94 valence electrons. The van der Waals surface area contributed by atoms with Crippen molar-refractivity contribution >= 4 is 33.5 Å². The number of carboxylic acid groups (broad SMARTS) is 1. The van der Waals surface area contributed by atoms with E-state index in [0.717, 1.165) is 0 Å². The van der Waals surface area contributed by atoms with E-state index in [-0.39, 0.29) is 17.4 Å². The normalized spacial score (nSPS) is 14.7. The molecule has 0 saturated heterocycles. The van der Waals surface area contributed by atoms with Gasteiger partial charge in [0.2, 0.25) is 5.91 Å². The average Bonchev–Trinajstić information content (AvgIpc) is 2.84. The zero-order valence-electron chi connectivity index (χ0n) is 9.52. The molecular formula is C13H12BrNO3. The Hall–Kier alpha value is -1.62. The molecule has 0 unspecified atom stereocenters. The van der Waals surface area contributed by atoms with Gasteiger partial charge in [-0.25, -0.2) is 4.79 Å². The van der Waals surface area contributed by atoms with Crippen molar-refractivity contribution in [3.05, 3.63) is 40.4 Å². The number of hydrogen-bond donors (Lipinski definition) is 2. The highest BCUT2D eigenvalue weighted by atomic mass is 79.9. The number of nitrogens with one attached hydrogen (secondary N) is 1. The van der Waals surface area contributed by atoms with Crippen LogP contribution in [0.2, 0.25) is 0 Å². The molecule has 2 N–H and O–H groups in total. The van der Waals surface area contributed by atoms with Gasteiger partial charge in [-0.05, 0) is 31.0 Å². The number of carbonyl (C=O) groups is 2. The summed E-state index contributed by atoms with van der Waals surface area (Å²) in [6, 6.07) is 4.77. The zero-order valence-corrected chi connectivity index (χ0v) is 11.1. The molecule has 0 aliphatic heterocycles. The summed E-state index contributed by atoms with van der Waals surface area (Å²) in [5.74, 6) is -1.28. The van der Waals surface area contributed by atoms with E-state index in [9.17, 15) is 9.59 Å². The number of halogens is 1. The molecule has 2 rings (SSSR count). The monoisotopic (exact) mass is 309 g/mol. The van der Waals surface area contributed by atoms with E-state index in [0.29, 0.717) is 23.0 Å². The zero-order chi connectivity index (χ0) is 13.1. The van der Waals surface area contributed by atoms with Crippen molar-refractivity contribution in [2.75, 3.05) is 5.32 Å². The maximum absolute atomic E-state index is 11.9. The second-order valence-corrected chi connectivity index (χ2v) is 5.04. The summed E-state index contributed by atoms with van der Waals surface area (Å²) in [4.78, 5) is 23.0. The summed E-state index contributed by atoms with van der Waals surface area (Å²) < 4.78 is 0.667. The average molecular weight is 310 g/mol. The minimum absolute atomic E-state index is 0.0867. The molecule has 0 fully saturated rings. The van der Waals surface area contributed by atoms with Crippen LogP contribution < -0.4 is 5.32 Å². The number of rotatable bonds is 3. The molecule has 0 heterocycles. The lowest BCUT2D eigenvalue weighted by Crippen LogP contribution is -2.22. The molecule has 0 spiro atoms. The third-order valence-corrected chi connectivity index (χ3v) is 3.34. The molecule has 18 heavy (non-hydrogen) atoms. The van der Waals surface area contributed by atoms with Crippen LogP contribution in [0.4, 0.5) is 5.69 Å². The van der Waals surface area contributed by atoms with Gasteiger partial charge >= 0.3 is 5.97 Å². The number of benzene rings is 1. The fraction of sp³-hybridized carbons (Fsp3) is 0.231. The van der Waals surface area contributed by atoms with Crippen LogP contribution in [-0.4, -0.2) is 17.0 Å². The number of carbonyl (C=O) groups excluding carboxylic acids is 1. The van der Waals surface area contributed by atoms with Crippen LogP contribution in [-0.2, 0) is 4.79 Å². The molecule has 0 radical (unpaired) electrons. The Balaban J connectivity index is 2.18. The minimum Gasteiger partial charge on any atom is -0.478 e. The van der Waals surface area contributed by atoms with Crippen LogP contribution in [0, 0.1) is 5.92 Å². The van der Waals surface area contributed by atoms with Crippen molar-refractivity contribution in [1.29, 1.82) is 0 Å². The van der Waals surface area contributed by atoms with Gasteiger partial charge in [-0.1, -0.05) is 28.1 Å². The van der Waals surface area contributed by atoms with Crippen LogP contribution in [0.25, 0.3) is 0 Å². The molecule has 1 aliphatic carbocycles. The summed E-state index contributed by atoms with van der Waals surface area (Å²) in [7, 11) is 0. The Kier molecular flexibility index (Phi) is 3.81. The number of carboxylic acids is 1. The van der Waals surface area contributed by atoms with Crippen molar-refractivity contribution < 1.29 is 14.7 Å². The van der Waals surface area contributed by atoms with Gasteiger partial charge in [0.25, 0.3) is 0 Å². The van der Waals surface area contributed by atoms with Crippen LogP contribution in [0.5, 0.6) is 0 Å². The third kappa shape index (κ3) is 2.79. The maximum Gasteiger partial charge on any atom is 0.337 e. The first-order valence-corrected chi connectivity index (χ1v) is 6.36. The van der Waals surface area contributed by atoms with Gasteiger partial charge in [-0.3, -0.25) is 4.79 Å². The van der Waals surface area contributed by atoms with Crippen LogP contribution in [0.1, 0.15) is 23.2 Å². The number of amides is 1. The van der Waals surface area contributed by atoms with E-state index >= 15 is 0 Å². The Morgan fingerprint density at radius 2 is 1.94 bits per heavy atom. The molecule has 1 aromatic carbocycles. The van der Waals surface area contributed by atoms with Gasteiger partial charge in [0.15, 0.2) is 0 Å². The molecule has 0 bridgehead atoms. The number of aromatic carboxylic acids is 1. The van der Waals surface area contributed by atoms with Crippen molar-refractivity contribution in [3.63, 3.8) is 0 Å². The molecule has 1 amide bonds. The van der Waals surface area contributed by atoms with E-state index in [2.05, 4.69) is 21.2 Å². The Morgan fingerprint density at radius 3 is 2.56 bits per heavy atom. The Morgan fingerprint density at radius 1 is 1.28 bits per heavy atom. The van der Waals surface area contributed by atoms with Gasteiger partial charge in [0, 0.05) is 10.4 Å². The maximum atomic E-state index is 11.9. The standard InChI is InChI=1S/C13H12BrNO3/c14-9-5-6-11(10(7-9)13(17)18)15-12(16)8-3-1-2-4-8/h1-2,5-8H,3-4H2,(H,15,16)(H,17,18). The Bertz CT molecular complexity index is 517. The highest BCUT2D eigenvalue weighted by Gasteiger charge is 2.21. The predicted molar refractivity (Wildman–Crippen MR) is 71.6 cm³/mol. The quantitative estimate of drug-likeness (QED) is 0.843. The molecule has 1 aliphatic rings. The Labute approximate surface area is 113 Å². The van der Waals surface area contributed by atoms with Gasteiger partial charge in [0.05, 0.1) is 11.3 Å². The second kappa shape index (κ2) is 5.35. The van der Waals surface area contributed by atoms with Gasteiger partial charge in [-0.15, -0.1) is 0 Å². The number of anilines is 1. The lowest BCUT2D eigenvalue weighted by molar-refractivity contribution is -0.119. The second-order valence-electron chi connectivity index (χ2n) is 4.12. The molecule has 1 aromatic rings. The van der Waals surface area contributed by atoms with E-state index in [4.69, 9.17) is 5.11 Å². The first-order valence-electron chi connectivity index (χ1n) is 5.56. The summed E-state index contributed by atoms with van der Waals surface area (Å²) in [5, 5.41) is 11.8. The van der Waals surface area contributed by atoms with E-state index < -0.39 is 5.97 Å². The number of hydrogen-bond acceptors (Lipinski definition) is 2.